The molecule has 0 bridgehead atoms. The van der Waals surface area contributed by atoms with Crippen LogP contribution in [-0.4, -0.2) is 26.5 Å². The molecule has 1 atom stereocenters. The molecule has 0 spiro atoms. The summed E-state index contributed by atoms with van der Waals surface area (Å²) in [4.78, 5) is 10.8. The van der Waals surface area contributed by atoms with E-state index in [4.69, 9.17) is 5.11 Å². The quantitative estimate of drug-likeness (QED) is 0.825. The zero-order valence-corrected chi connectivity index (χ0v) is 9.44. The minimum atomic E-state index is -0.847. The van der Waals surface area contributed by atoms with Crippen LogP contribution in [0.15, 0.2) is 35.5 Å². The van der Waals surface area contributed by atoms with Crippen LogP contribution in [0, 0.1) is 0 Å². The monoisotopic (exact) mass is 234 g/mol. The number of rotatable bonds is 3. The molecule has 0 radical (unpaired) electrons. The molecular formula is C11H10N2O2S. The highest BCUT2D eigenvalue weighted by atomic mass is 32.2. The van der Waals surface area contributed by atoms with Crippen LogP contribution in [0.1, 0.15) is 6.92 Å². The fourth-order valence-electron chi connectivity index (χ4n) is 1.31. The summed E-state index contributed by atoms with van der Waals surface area (Å²) in [6.07, 6.45) is 1.67. The summed E-state index contributed by atoms with van der Waals surface area (Å²) in [6, 6.07) is 7.67. The first-order valence-corrected chi connectivity index (χ1v) is 5.66. The van der Waals surface area contributed by atoms with E-state index in [1.807, 2.05) is 24.3 Å². The van der Waals surface area contributed by atoms with Gasteiger partial charge in [-0.2, -0.15) is 5.10 Å². The SMILES string of the molecule is CC(Sc1nncc2ccccc12)C(=O)O. The summed E-state index contributed by atoms with van der Waals surface area (Å²) in [5.74, 6) is -0.847. The first-order chi connectivity index (χ1) is 7.68. The van der Waals surface area contributed by atoms with Crippen molar-refractivity contribution >= 4 is 28.5 Å². The molecule has 5 heteroatoms. The third-order valence-electron chi connectivity index (χ3n) is 2.17. The molecule has 1 aromatic carbocycles. The number of benzene rings is 1. The third kappa shape index (κ3) is 2.14. The van der Waals surface area contributed by atoms with E-state index >= 15 is 0 Å². The van der Waals surface area contributed by atoms with Gasteiger partial charge in [-0.1, -0.05) is 36.0 Å². The molecular weight excluding hydrogens is 224 g/mol. The number of carboxylic acid groups (broad SMARTS) is 1. The van der Waals surface area contributed by atoms with Crippen molar-refractivity contribution < 1.29 is 9.90 Å². The van der Waals surface area contributed by atoms with Crippen LogP contribution in [0.2, 0.25) is 0 Å². The number of hydrogen-bond donors (Lipinski definition) is 1. The second-order valence-electron chi connectivity index (χ2n) is 3.34. The average molecular weight is 234 g/mol. The minimum absolute atomic E-state index is 0.528. The number of carboxylic acids is 1. The van der Waals surface area contributed by atoms with E-state index in [-0.39, 0.29) is 0 Å². The molecule has 0 fully saturated rings. The topological polar surface area (TPSA) is 63.1 Å². The maximum Gasteiger partial charge on any atom is 0.316 e. The first kappa shape index (κ1) is 10.9. The van der Waals surface area contributed by atoms with Gasteiger partial charge in [0.1, 0.15) is 10.3 Å². The highest BCUT2D eigenvalue weighted by molar-refractivity contribution is 8.00. The van der Waals surface area contributed by atoms with Crippen LogP contribution in [-0.2, 0) is 4.79 Å². The number of aromatic nitrogens is 2. The van der Waals surface area contributed by atoms with Crippen molar-refractivity contribution in [2.45, 2.75) is 17.2 Å². The van der Waals surface area contributed by atoms with Crippen LogP contribution < -0.4 is 0 Å². The van der Waals surface area contributed by atoms with E-state index < -0.39 is 11.2 Å². The van der Waals surface area contributed by atoms with E-state index in [1.54, 1.807) is 13.1 Å². The second-order valence-corrected chi connectivity index (χ2v) is 4.66. The Hall–Kier alpha value is -1.62. The maximum atomic E-state index is 10.8. The Balaban J connectivity index is 2.41. The standard InChI is InChI=1S/C11H10N2O2S/c1-7(11(14)15)16-10-9-5-3-2-4-8(9)6-12-13-10/h2-7H,1H3,(H,14,15). The highest BCUT2D eigenvalue weighted by Gasteiger charge is 2.15. The molecule has 0 amide bonds. The van der Waals surface area contributed by atoms with Crippen molar-refractivity contribution in [3.63, 3.8) is 0 Å². The van der Waals surface area contributed by atoms with Crippen LogP contribution in [0.3, 0.4) is 0 Å². The van der Waals surface area contributed by atoms with Gasteiger partial charge in [0.25, 0.3) is 0 Å². The molecule has 0 aliphatic heterocycles. The smallest absolute Gasteiger partial charge is 0.316 e. The molecule has 4 nitrogen and oxygen atoms in total. The lowest BCUT2D eigenvalue weighted by Gasteiger charge is -2.06. The average Bonchev–Trinajstić information content (AvgIpc) is 2.29. The van der Waals surface area contributed by atoms with E-state index in [9.17, 15) is 4.79 Å². The third-order valence-corrected chi connectivity index (χ3v) is 3.25. The van der Waals surface area contributed by atoms with Gasteiger partial charge in [0, 0.05) is 10.8 Å². The number of fused-ring (bicyclic) bond motifs is 1. The Bertz CT molecular complexity index is 525. The Morgan fingerprint density at radius 1 is 1.44 bits per heavy atom. The molecule has 1 N–H and O–H groups in total. The van der Waals surface area contributed by atoms with Gasteiger partial charge in [-0.25, -0.2) is 0 Å². The molecule has 0 saturated carbocycles. The molecule has 1 unspecified atom stereocenters. The van der Waals surface area contributed by atoms with Crippen LogP contribution in [0.5, 0.6) is 0 Å². The highest BCUT2D eigenvalue weighted by Crippen LogP contribution is 2.27. The van der Waals surface area contributed by atoms with Crippen molar-refractivity contribution in [2.24, 2.45) is 0 Å². The van der Waals surface area contributed by atoms with Gasteiger partial charge in [-0.05, 0) is 6.92 Å². The fraction of sp³-hybridized carbons (Fsp3) is 0.182. The molecule has 0 aliphatic carbocycles. The van der Waals surface area contributed by atoms with Gasteiger partial charge in [-0.15, -0.1) is 5.10 Å². The molecule has 2 aromatic rings. The van der Waals surface area contributed by atoms with Crippen molar-refractivity contribution in [1.29, 1.82) is 0 Å². The van der Waals surface area contributed by atoms with Crippen molar-refractivity contribution in [1.82, 2.24) is 10.2 Å². The first-order valence-electron chi connectivity index (χ1n) is 4.78. The molecule has 0 aliphatic rings. The molecule has 1 heterocycles. The van der Waals surface area contributed by atoms with Crippen molar-refractivity contribution in [2.75, 3.05) is 0 Å². The van der Waals surface area contributed by atoms with Gasteiger partial charge in [-0.3, -0.25) is 4.79 Å². The lowest BCUT2D eigenvalue weighted by atomic mass is 10.2. The Morgan fingerprint density at radius 3 is 2.94 bits per heavy atom. The van der Waals surface area contributed by atoms with Crippen LogP contribution in [0.4, 0.5) is 0 Å². The number of aliphatic carboxylic acids is 1. The van der Waals surface area contributed by atoms with Gasteiger partial charge >= 0.3 is 5.97 Å². The predicted octanol–water partition coefficient (Wildman–Crippen LogP) is 2.19. The zero-order chi connectivity index (χ0) is 11.5. The van der Waals surface area contributed by atoms with Gasteiger partial charge in [0.2, 0.25) is 0 Å². The van der Waals surface area contributed by atoms with E-state index in [0.29, 0.717) is 5.03 Å². The number of carbonyl (C=O) groups is 1. The number of nitrogens with zero attached hydrogens (tertiary/aromatic N) is 2. The second kappa shape index (κ2) is 4.49. The van der Waals surface area contributed by atoms with Crippen LogP contribution >= 0.6 is 11.8 Å². The van der Waals surface area contributed by atoms with Crippen molar-refractivity contribution in [3.8, 4) is 0 Å². The summed E-state index contributed by atoms with van der Waals surface area (Å²) in [5, 5.41) is 18.7. The van der Waals surface area contributed by atoms with Gasteiger partial charge < -0.3 is 5.11 Å². The summed E-state index contributed by atoms with van der Waals surface area (Å²) in [7, 11) is 0. The minimum Gasteiger partial charge on any atom is -0.480 e. The summed E-state index contributed by atoms with van der Waals surface area (Å²) >= 11 is 1.21. The van der Waals surface area contributed by atoms with Crippen molar-refractivity contribution in [3.05, 3.63) is 30.5 Å². The van der Waals surface area contributed by atoms with Gasteiger partial charge in [0.05, 0.1) is 6.20 Å². The Kier molecular flexibility index (Phi) is 3.05. The Labute approximate surface area is 96.7 Å². The largest absolute Gasteiger partial charge is 0.480 e. The normalized spacial score (nSPS) is 12.6. The Morgan fingerprint density at radius 2 is 2.19 bits per heavy atom. The molecule has 2 rings (SSSR count). The van der Waals surface area contributed by atoms with E-state index in [0.717, 1.165) is 10.8 Å². The molecule has 0 saturated heterocycles. The lowest BCUT2D eigenvalue weighted by Crippen LogP contribution is -2.11. The number of hydrogen-bond acceptors (Lipinski definition) is 4. The van der Waals surface area contributed by atoms with Gasteiger partial charge in [0.15, 0.2) is 0 Å². The predicted molar refractivity (Wildman–Crippen MR) is 62.5 cm³/mol. The maximum absolute atomic E-state index is 10.8. The summed E-state index contributed by atoms with van der Waals surface area (Å²) in [5.41, 5.74) is 0. The van der Waals surface area contributed by atoms with E-state index in [1.165, 1.54) is 11.8 Å². The molecule has 16 heavy (non-hydrogen) atoms. The number of thioether (sulfide) groups is 1. The molecule has 1 aromatic heterocycles. The molecule has 82 valence electrons. The summed E-state index contributed by atoms with van der Waals surface area (Å²) in [6.45, 7) is 1.64. The fourth-order valence-corrected chi connectivity index (χ4v) is 2.15. The summed E-state index contributed by atoms with van der Waals surface area (Å²) < 4.78 is 0. The van der Waals surface area contributed by atoms with E-state index in [2.05, 4.69) is 10.2 Å². The zero-order valence-electron chi connectivity index (χ0n) is 8.62. The lowest BCUT2D eigenvalue weighted by molar-refractivity contribution is -0.136. The van der Waals surface area contributed by atoms with Crippen LogP contribution in [0.25, 0.3) is 10.8 Å².